The molecule has 0 radical (unpaired) electrons. The first-order chi connectivity index (χ1) is 8.81. The lowest BCUT2D eigenvalue weighted by atomic mass is 10.1. The van der Waals surface area contributed by atoms with Gasteiger partial charge >= 0.3 is 0 Å². The third kappa shape index (κ3) is 7.16. The molecule has 2 nitrogen and oxygen atoms in total. The predicted molar refractivity (Wildman–Crippen MR) is 100 cm³/mol. The summed E-state index contributed by atoms with van der Waals surface area (Å²) in [5.74, 6) is 0.797. The standard InChI is InChI=1S/C9H12O.C8H10O.3CH4/c1-6-4-7(2)9(10)8(3)5-6;1-6-3-4-8(9)7(2)5-6;;;/h4-5,10H,1-3H3;3-5,9H,1-2H3;3*1H4. The highest BCUT2D eigenvalue weighted by molar-refractivity contribution is 5.41. The molecule has 2 N–H and O–H groups in total. The molecule has 2 aromatic rings. The second-order valence-electron chi connectivity index (χ2n) is 5.04. The van der Waals surface area contributed by atoms with Crippen LogP contribution in [0.2, 0.25) is 0 Å². The van der Waals surface area contributed by atoms with E-state index in [0.717, 1.165) is 16.7 Å². The zero-order chi connectivity index (χ0) is 14.6. The summed E-state index contributed by atoms with van der Waals surface area (Å²) in [5, 5.41) is 18.4. The molecule has 0 bridgehead atoms. The van der Waals surface area contributed by atoms with E-state index in [4.69, 9.17) is 5.11 Å². The summed E-state index contributed by atoms with van der Waals surface area (Å²) < 4.78 is 0. The molecule has 0 unspecified atom stereocenters. The topological polar surface area (TPSA) is 40.5 Å². The quantitative estimate of drug-likeness (QED) is 0.605. The van der Waals surface area contributed by atoms with E-state index in [0.29, 0.717) is 11.5 Å². The molecule has 0 saturated carbocycles. The molecule has 2 heteroatoms. The van der Waals surface area contributed by atoms with Crippen LogP contribution >= 0.6 is 0 Å². The monoisotopic (exact) mass is 306 g/mol. The van der Waals surface area contributed by atoms with Gasteiger partial charge in [-0.15, -0.1) is 0 Å². The smallest absolute Gasteiger partial charge is 0.121 e. The molecule has 0 aliphatic heterocycles. The van der Waals surface area contributed by atoms with Gasteiger partial charge in [-0.3, -0.25) is 0 Å². The predicted octanol–water partition coefficient (Wildman–Crippen LogP) is 6.23. The molecule has 2 aromatic carbocycles. The highest BCUT2D eigenvalue weighted by Gasteiger charge is 1.98. The molecule has 0 heterocycles. The minimum Gasteiger partial charge on any atom is -0.508 e. The van der Waals surface area contributed by atoms with E-state index in [1.165, 1.54) is 11.1 Å². The Morgan fingerprint density at radius 1 is 0.591 bits per heavy atom. The average molecular weight is 306 g/mol. The van der Waals surface area contributed by atoms with Gasteiger partial charge in [0.1, 0.15) is 11.5 Å². The molecule has 2 rings (SSSR count). The minimum atomic E-state index is 0. The molecule has 0 spiro atoms. The van der Waals surface area contributed by atoms with Gasteiger partial charge in [0.2, 0.25) is 0 Å². The van der Waals surface area contributed by atoms with Crippen molar-refractivity contribution in [3.63, 3.8) is 0 Å². The number of phenols is 2. The van der Waals surface area contributed by atoms with Crippen molar-refractivity contribution in [3.05, 3.63) is 58.1 Å². The Hall–Kier alpha value is -1.96. The number of aromatic hydroxyl groups is 2. The Labute approximate surface area is 137 Å². The van der Waals surface area contributed by atoms with Crippen molar-refractivity contribution < 1.29 is 10.2 Å². The normalized spacial score (nSPS) is 8.41. The van der Waals surface area contributed by atoms with Crippen LogP contribution < -0.4 is 0 Å². The summed E-state index contributed by atoms with van der Waals surface area (Å²) in [6, 6.07) is 9.51. The molecule has 0 aliphatic carbocycles. The van der Waals surface area contributed by atoms with Crippen LogP contribution in [0, 0.1) is 34.6 Å². The largest absolute Gasteiger partial charge is 0.508 e. The molecule has 0 amide bonds. The van der Waals surface area contributed by atoms with Crippen LogP contribution in [0.15, 0.2) is 30.3 Å². The second-order valence-corrected chi connectivity index (χ2v) is 5.04. The van der Waals surface area contributed by atoms with Gasteiger partial charge in [0, 0.05) is 0 Å². The first-order valence-electron chi connectivity index (χ1n) is 6.34. The number of rotatable bonds is 0. The number of benzene rings is 2. The van der Waals surface area contributed by atoms with Crippen molar-refractivity contribution in [1.29, 1.82) is 0 Å². The van der Waals surface area contributed by atoms with Crippen LogP contribution in [-0.4, -0.2) is 10.2 Å². The Morgan fingerprint density at radius 2 is 1.00 bits per heavy atom. The highest BCUT2D eigenvalue weighted by atomic mass is 16.3. The first-order valence-corrected chi connectivity index (χ1v) is 6.34. The SMILES string of the molecule is C.C.C.Cc1cc(C)c(O)c(C)c1.Cc1ccc(O)c(C)c1. The molecule has 0 fully saturated rings. The summed E-state index contributed by atoms with van der Waals surface area (Å²) in [6.45, 7) is 9.75. The fourth-order valence-electron chi connectivity index (χ4n) is 1.98. The molecular weight excluding hydrogens is 272 g/mol. The van der Waals surface area contributed by atoms with Gasteiger partial charge in [0.05, 0.1) is 0 Å². The van der Waals surface area contributed by atoms with Gasteiger partial charge in [0.25, 0.3) is 0 Å². The molecule has 0 atom stereocenters. The van der Waals surface area contributed by atoms with Crippen LogP contribution in [0.4, 0.5) is 0 Å². The van der Waals surface area contributed by atoms with Crippen LogP contribution in [0.3, 0.4) is 0 Å². The van der Waals surface area contributed by atoms with Crippen LogP contribution in [0.25, 0.3) is 0 Å². The molecule has 0 aliphatic rings. The summed E-state index contributed by atoms with van der Waals surface area (Å²) in [7, 11) is 0. The van der Waals surface area contributed by atoms with E-state index >= 15 is 0 Å². The Morgan fingerprint density at radius 3 is 1.36 bits per heavy atom. The van der Waals surface area contributed by atoms with E-state index < -0.39 is 0 Å². The Kier molecular flexibility index (Phi) is 12.2. The molecule has 0 saturated heterocycles. The van der Waals surface area contributed by atoms with Gasteiger partial charge < -0.3 is 10.2 Å². The first kappa shape index (κ1) is 25.0. The van der Waals surface area contributed by atoms with Gasteiger partial charge in [-0.05, 0) is 57.4 Å². The fourth-order valence-corrected chi connectivity index (χ4v) is 1.98. The maximum Gasteiger partial charge on any atom is 0.121 e. The van der Waals surface area contributed by atoms with E-state index in [9.17, 15) is 5.11 Å². The lowest BCUT2D eigenvalue weighted by Crippen LogP contribution is -1.81. The maximum atomic E-state index is 9.33. The van der Waals surface area contributed by atoms with E-state index in [1.54, 1.807) is 6.07 Å². The van der Waals surface area contributed by atoms with Crippen LogP contribution in [-0.2, 0) is 0 Å². The van der Waals surface area contributed by atoms with E-state index in [1.807, 2.05) is 58.9 Å². The third-order valence-electron chi connectivity index (χ3n) is 2.99. The van der Waals surface area contributed by atoms with Crippen molar-refractivity contribution in [3.8, 4) is 11.5 Å². The number of phenolic OH excluding ortho intramolecular Hbond substituents is 2. The Bertz CT molecular complexity index is 549. The van der Waals surface area contributed by atoms with E-state index in [2.05, 4.69) is 0 Å². The highest BCUT2D eigenvalue weighted by Crippen LogP contribution is 2.21. The van der Waals surface area contributed by atoms with Crippen molar-refractivity contribution in [1.82, 2.24) is 0 Å². The summed E-state index contributed by atoms with van der Waals surface area (Å²) >= 11 is 0. The van der Waals surface area contributed by atoms with Gasteiger partial charge in [-0.25, -0.2) is 0 Å². The van der Waals surface area contributed by atoms with Crippen LogP contribution in [0.1, 0.15) is 50.1 Å². The number of hydrogen-bond donors (Lipinski definition) is 2. The molecule has 126 valence electrons. The van der Waals surface area contributed by atoms with Gasteiger partial charge in [-0.2, -0.15) is 0 Å². The number of hydrogen-bond acceptors (Lipinski definition) is 2. The zero-order valence-corrected chi connectivity index (χ0v) is 12.3. The summed E-state index contributed by atoms with van der Waals surface area (Å²) in [5.41, 5.74) is 5.24. The average Bonchev–Trinajstić information content (AvgIpc) is 2.32. The third-order valence-corrected chi connectivity index (χ3v) is 2.99. The van der Waals surface area contributed by atoms with Crippen LogP contribution in [0.5, 0.6) is 11.5 Å². The van der Waals surface area contributed by atoms with Crippen molar-refractivity contribution in [2.45, 2.75) is 56.9 Å². The molecular formula is C20H34O2. The second kappa shape index (κ2) is 10.7. The number of aryl methyl sites for hydroxylation is 5. The molecule has 0 aromatic heterocycles. The fraction of sp³-hybridized carbons (Fsp3) is 0.400. The van der Waals surface area contributed by atoms with E-state index in [-0.39, 0.29) is 22.3 Å². The van der Waals surface area contributed by atoms with Crippen molar-refractivity contribution >= 4 is 0 Å². The molecule has 22 heavy (non-hydrogen) atoms. The lowest BCUT2D eigenvalue weighted by Gasteiger charge is -2.03. The zero-order valence-electron chi connectivity index (χ0n) is 12.3. The minimum absolute atomic E-state index is 0. The van der Waals surface area contributed by atoms with Gasteiger partial charge in [-0.1, -0.05) is 57.7 Å². The van der Waals surface area contributed by atoms with Gasteiger partial charge in [0.15, 0.2) is 0 Å². The maximum absolute atomic E-state index is 9.33. The Balaban J connectivity index is -0.000000290. The summed E-state index contributed by atoms with van der Waals surface area (Å²) in [4.78, 5) is 0. The van der Waals surface area contributed by atoms with Crippen molar-refractivity contribution in [2.75, 3.05) is 0 Å². The van der Waals surface area contributed by atoms with Crippen molar-refractivity contribution in [2.24, 2.45) is 0 Å². The lowest BCUT2D eigenvalue weighted by molar-refractivity contribution is 0.466. The summed E-state index contributed by atoms with van der Waals surface area (Å²) in [6.07, 6.45) is 0.